The van der Waals surface area contributed by atoms with Crippen molar-refractivity contribution in [2.45, 2.75) is 6.42 Å². The highest BCUT2D eigenvalue weighted by Crippen LogP contribution is 2.14. The van der Waals surface area contributed by atoms with Crippen LogP contribution in [-0.4, -0.2) is 17.7 Å². The van der Waals surface area contributed by atoms with E-state index in [0.717, 1.165) is 5.56 Å². The van der Waals surface area contributed by atoms with E-state index in [1.807, 2.05) is 12.1 Å². The smallest absolute Gasteiger partial charge is 0.323 e. The Balaban J connectivity index is 1.92. The Morgan fingerprint density at radius 2 is 1.45 bits per heavy atom. The highest BCUT2D eigenvalue weighted by Gasteiger charge is 2.02. The quantitative estimate of drug-likeness (QED) is 0.807. The number of hydrogen-bond donors (Lipinski definition) is 3. The molecule has 0 aliphatic heterocycles. The lowest BCUT2D eigenvalue weighted by Gasteiger charge is -2.08. The van der Waals surface area contributed by atoms with Crippen LogP contribution < -0.4 is 10.6 Å². The first kappa shape index (κ1) is 14.4. The molecule has 2 aromatic rings. The lowest BCUT2D eigenvalue weighted by molar-refractivity contribution is 0.262. The summed E-state index contributed by atoms with van der Waals surface area (Å²) in [5.41, 5.74) is 2.39. The van der Waals surface area contributed by atoms with Crippen molar-refractivity contribution in [1.82, 2.24) is 0 Å². The molecule has 0 saturated carbocycles. The van der Waals surface area contributed by atoms with Gasteiger partial charge < -0.3 is 15.7 Å². The fourth-order valence-electron chi connectivity index (χ4n) is 1.71. The molecule has 0 fully saturated rings. The normalized spacial score (nSPS) is 10.1. The molecule has 4 nitrogen and oxygen atoms in total. The highest BCUT2D eigenvalue weighted by atomic mass is 35.5. The van der Waals surface area contributed by atoms with E-state index in [4.69, 9.17) is 16.7 Å². The van der Waals surface area contributed by atoms with E-state index >= 15 is 0 Å². The number of carbonyl (C=O) groups is 1. The molecule has 2 rings (SSSR count). The Kier molecular flexibility index (Phi) is 4.98. The zero-order valence-electron chi connectivity index (χ0n) is 10.8. The zero-order chi connectivity index (χ0) is 14.4. The number of carbonyl (C=O) groups excluding carboxylic acids is 1. The van der Waals surface area contributed by atoms with Gasteiger partial charge in [0.1, 0.15) is 0 Å². The molecule has 0 saturated heterocycles. The summed E-state index contributed by atoms with van der Waals surface area (Å²) in [5, 5.41) is 14.9. The number of anilines is 2. The van der Waals surface area contributed by atoms with E-state index < -0.39 is 0 Å². The van der Waals surface area contributed by atoms with Crippen LogP contribution >= 0.6 is 11.6 Å². The molecule has 20 heavy (non-hydrogen) atoms. The molecule has 0 bridgehead atoms. The summed E-state index contributed by atoms with van der Waals surface area (Å²) in [5.74, 6) is 0. The molecule has 0 aliphatic carbocycles. The predicted octanol–water partition coefficient (Wildman–Crippen LogP) is 3.52. The van der Waals surface area contributed by atoms with Gasteiger partial charge in [0.15, 0.2) is 0 Å². The van der Waals surface area contributed by atoms with Gasteiger partial charge in [0.05, 0.1) is 0 Å². The van der Waals surface area contributed by atoms with Crippen LogP contribution in [0.1, 0.15) is 5.56 Å². The Labute approximate surface area is 122 Å². The summed E-state index contributed by atoms with van der Waals surface area (Å²) in [6.07, 6.45) is 0.608. The molecular weight excluding hydrogens is 276 g/mol. The molecular formula is C15H15ClN2O2. The fourth-order valence-corrected chi connectivity index (χ4v) is 1.84. The molecule has 0 heterocycles. The number of rotatable bonds is 4. The largest absolute Gasteiger partial charge is 0.396 e. The monoisotopic (exact) mass is 290 g/mol. The number of amides is 2. The second-order valence-electron chi connectivity index (χ2n) is 4.26. The lowest BCUT2D eigenvalue weighted by atomic mass is 10.1. The Morgan fingerprint density at radius 3 is 1.95 bits per heavy atom. The maximum absolute atomic E-state index is 11.8. The molecule has 5 heteroatoms. The molecule has 2 amide bonds. The van der Waals surface area contributed by atoms with Crippen LogP contribution in [0.3, 0.4) is 0 Å². The number of nitrogens with one attached hydrogen (secondary N) is 2. The zero-order valence-corrected chi connectivity index (χ0v) is 11.5. The highest BCUT2D eigenvalue weighted by molar-refractivity contribution is 6.30. The van der Waals surface area contributed by atoms with Crippen LogP contribution in [0.25, 0.3) is 0 Å². The number of urea groups is 1. The number of hydrogen-bond acceptors (Lipinski definition) is 2. The van der Waals surface area contributed by atoms with E-state index in [1.54, 1.807) is 36.4 Å². The van der Waals surface area contributed by atoms with Crippen LogP contribution in [0.15, 0.2) is 48.5 Å². The summed E-state index contributed by atoms with van der Waals surface area (Å²) < 4.78 is 0. The molecule has 0 radical (unpaired) electrons. The third-order valence-electron chi connectivity index (χ3n) is 2.71. The standard InChI is InChI=1S/C15H15ClN2O2/c16-12-3-7-14(8-4-12)18-15(20)17-13-5-1-11(2-6-13)9-10-19/h1-8,19H,9-10H2,(H2,17,18,20). The van der Waals surface area contributed by atoms with Crippen LogP contribution in [0.5, 0.6) is 0 Å². The van der Waals surface area contributed by atoms with Crippen molar-refractivity contribution in [3.63, 3.8) is 0 Å². The van der Waals surface area contributed by atoms with Crippen LogP contribution in [0.2, 0.25) is 5.02 Å². The van der Waals surface area contributed by atoms with E-state index in [-0.39, 0.29) is 12.6 Å². The van der Waals surface area contributed by atoms with Gasteiger partial charge in [-0.2, -0.15) is 0 Å². The molecule has 0 atom stereocenters. The van der Waals surface area contributed by atoms with Crippen molar-refractivity contribution in [1.29, 1.82) is 0 Å². The van der Waals surface area contributed by atoms with Crippen molar-refractivity contribution in [2.75, 3.05) is 17.2 Å². The van der Waals surface area contributed by atoms with Crippen LogP contribution in [-0.2, 0) is 6.42 Å². The molecule has 2 aromatic carbocycles. The van der Waals surface area contributed by atoms with Gasteiger partial charge >= 0.3 is 6.03 Å². The van der Waals surface area contributed by atoms with Gasteiger partial charge in [0.2, 0.25) is 0 Å². The maximum atomic E-state index is 11.8. The number of halogens is 1. The van der Waals surface area contributed by atoms with Gasteiger partial charge in [-0.15, -0.1) is 0 Å². The summed E-state index contributed by atoms with van der Waals surface area (Å²) in [4.78, 5) is 11.8. The Bertz CT molecular complexity index is 567. The van der Waals surface area contributed by atoms with Crippen molar-refractivity contribution in [3.05, 3.63) is 59.1 Å². The average molecular weight is 291 g/mol. The molecule has 0 unspecified atom stereocenters. The summed E-state index contributed by atoms with van der Waals surface area (Å²) in [7, 11) is 0. The minimum atomic E-state index is -0.317. The van der Waals surface area contributed by atoms with Crippen molar-refractivity contribution in [3.8, 4) is 0 Å². The van der Waals surface area contributed by atoms with Gasteiger partial charge in [-0.25, -0.2) is 4.79 Å². The SMILES string of the molecule is O=C(Nc1ccc(Cl)cc1)Nc1ccc(CCO)cc1. The van der Waals surface area contributed by atoms with E-state index in [0.29, 0.717) is 22.8 Å². The van der Waals surface area contributed by atoms with Crippen molar-refractivity contribution < 1.29 is 9.90 Å². The van der Waals surface area contributed by atoms with Gasteiger partial charge in [-0.3, -0.25) is 0 Å². The second kappa shape index (κ2) is 6.93. The lowest BCUT2D eigenvalue weighted by Crippen LogP contribution is -2.19. The third-order valence-corrected chi connectivity index (χ3v) is 2.97. The van der Waals surface area contributed by atoms with E-state index in [1.165, 1.54) is 0 Å². The molecule has 104 valence electrons. The summed E-state index contributed by atoms with van der Waals surface area (Å²) >= 11 is 5.77. The number of aliphatic hydroxyl groups is 1. The van der Waals surface area contributed by atoms with Crippen molar-refractivity contribution in [2.24, 2.45) is 0 Å². The van der Waals surface area contributed by atoms with Gasteiger partial charge in [-0.05, 0) is 48.4 Å². The van der Waals surface area contributed by atoms with E-state index in [2.05, 4.69) is 10.6 Å². The third kappa shape index (κ3) is 4.26. The summed E-state index contributed by atoms with van der Waals surface area (Å²) in [6.45, 7) is 0.115. The first-order chi connectivity index (χ1) is 9.67. The van der Waals surface area contributed by atoms with Gasteiger partial charge in [-0.1, -0.05) is 23.7 Å². The first-order valence-electron chi connectivity index (χ1n) is 6.21. The maximum Gasteiger partial charge on any atom is 0.323 e. The fraction of sp³-hybridized carbons (Fsp3) is 0.133. The molecule has 0 aromatic heterocycles. The summed E-state index contributed by atoms with van der Waals surface area (Å²) in [6, 6.07) is 13.9. The van der Waals surface area contributed by atoms with E-state index in [9.17, 15) is 4.79 Å². The average Bonchev–Trinajstić information content (AvgIpc) is 2.44. The van der Waals surface area contributed by atoms with Crippen LogP contribution in [0.4, 0.5) is 16.2 Å². The molecule has 0 spiro atoms. The minimum absolute atomic E-state index is 0.115. The topological polar surface area (TPSA) is 61.4 Å². The Morgan fingerprint density at radius 1 is 0.950 bits per heavy atom. The van der Waals surface area contributed by atoms with Crippen LogP contribution in [0, 0.1) is 0 Å². The van der Waals surface area contributed by atoms with Gasteiger partial charge in [0, 0.05) is 23.0 Å². The van der Waals surface area contributed by atoms with Gasteiger partial charge in [0.25, 0.3) is 0 Å². The number of benzene rings is 2. The molecule has 3 N–H and O–H groups in total. The predicted molar refractivity (Wildman–Crippen MR) is 81.3 cm³/mol. The second-order valence-corrected chi connectivity index (χ2v) is 4.69. The Hall–Kier alpha value is -2.04. The molecule has 0 aliphatic rings. The minimum Gasteiger partial charge on any atom is -0.396 e. The first-order valence-corrected chi connectivity index (χ1v) is 6.58. The van der Waals surface area contributed by atoms with Crippen molar-refractivity contribution >= 4 is 29.0 Å². The number of aliphatic hydroxyl groups excluding tert-OH is 1.